The number of benzene rings is 1. The van der Waals surface area contributed by atoms with E-state index in [1.807, 2.05) is 42.8 Å². The number of aromatic nitrogens is 3. The predicted molar refractivity (Wildman–Crippen MR) is 104 cm³/mol. The van der Waals surface area contributed by atoms with Crippen LogP contribution in [0.5, 0.6) is 5.75 Å². The van der Waals surface area contributed by atoms with Crippen molar-refractivity contribution in [3.05, 3.63) is 74.6 Å². The molecule has 0 amide bonds. The van der Waals surface area contributed by atoms with E-state index in [2.05, 4.69) is 23.4 Å². The van der Waals surface area contributed by atoms with Gasteiger partial charge in [0.2, 0.25) is 0 Å². The van der Waals surface area contributed by atoms with Gasteiger partial charge in [-0.3, -0.25) is 9.36 Å². The van der Waals surface area contributed by atoms with E-state index in [0.717, 1.165) is 28.1 Å². The van der Waals surface area contributed by atoms with E-state index < -0.39 is 0 Å². The number of hydrogen-bond donors (Lipinski definition) is 0. The molecule has 4 rings (SSSR count). The number of hydrogen-bond acceptors (Lipinski definition) is 4. The van der Waals surface area contributed by atoms with Crippen molar-refractivity contribution < 1.29 is 4.74 Å². The van der Waals surface area contributed by atoms with Crippen LogP contribution in [-0.2, 0) is 13.7 Å². The quantitative estimate of drug-likeness (QED) is 0.550. The summed E-state index contributed by atoms with van der Waals surface area (Å²) in [5.74, 6) is 1.52. The van der Waals surface area contributed by atoms with Gasteiger partial charge in [0.25, 0.3) is 5.56 Å². The van der Waals surface area contributed by atoms with E-state index in [-0.39, 0.29) is 5.56 Å². The van der Waals surface area contributed by atoms with Crippen LogP contribution in [-0.4, -0.2) is 14.1 Å². The van der Waals surface area contributed by atoms with Gasteiger partial charge >= 0.3 is 0 Å². The van der Waals surface area contributed by atoms with E-state index in [9.17, 15) is 4.79 Å². The Bertz CT molecular complexity index is 1150. The van der Waals surface area contributed by atoms with Gasteiger partial charge in [-0.15, -0.1) is 11.3 Å². The maximum atomic E-state index is 12.5. The number of aryl methyl sites for hydroxylation is 3. The first-order valence-corrected chi connectivity index (χ1v) is 9.22. The molecule has 0 saturated heterocycles. The molecule has 3 aromatic heterocycles. The summed E-state index contributed by atoms with van der Waals surface area (Å²) in [7, 11) is 1.97. The Balaban J connectivity index is 1.61. The molecule has 26 heavy (non-hydrogen) atoms. The summed E-state index contributed by atoms with van der Waals surface area (Å²) < 4.78 is 9.38. The molecule has 0 atom stereocenters. The number of fused-ring (bicyclic) bond motifs is 1. The third-order valence-corrected chi connectivity index (χ3v) is 5.36. The molecule has 132 valence electrons. The molecule has 4 aromatic rings. The molecule has 0 fully saturated rings. The summed E-state index contributed by atoms with van der Waals surface area (Å²) in [4.78, 5) is 18.3. The highest BCUT2D eigenvalue weighted by molar-refractivity contribution is 7.10. The lowest BCUT2D eigenvalue weighted by Crippen LogP contribution is -2.16. The molecule has 0 aliphatic heterocycles. The minimum atomic E-state index is -0.123. The Labute approximate surface area is 155 Å². The van der Waals surface area contributed by atoms with Gasteiger partial charge in [0.1, 0.15) is 18.2 Å². The number of pyridine rings is 1. The van der Waals surface area contributed by atoms with Gasteiger partial charge < -0.3 is 9.30 Å². The van der Waals surface area contributed by atoms with Gasteiger partial charge in [-0.05, 0) is 49.6 Å². The van der Waals surface area contributed by atoms with Gasteiger partial charge in [0, 0.05) is 29.8 Å². The lowest BCUT2D eigenvalue weighted by Gasteiger charge is -2.09. The standard InChI is InChI=1S/C20H19N3O2S/c1-13-8-15(12-26-13)11-25-17-6-7-23(20(24)10-17)16-4-5-18-19(9-16)22(3)14(2)21-18/h4-10,12H,11H2,1-3H3. The maximum absolute atomic E-state index is 12.5. The normalized spacial score (nSPS) is 11.2. The van der Waals surface area contributed by atoms with Crippen molar-refractivity contribution in [1.82, 2.24) is 14.1 Å². The summed E-state index contributed by atoms with van der Waals surface area (Å²) in [6.45, 7) is 4.50. The van der Waals surface area contributed by atoms with Crippen LogP contribution >= 0.6 is 11.3 Å². The molecule has 3 heterocycles. The number of ether oxygens (including phenoxy) is 1. The van der Waals surface area contributed by atoms with Crippen LogP contribution in [0.3, 0.4) is 0 Å². The van der Waals surface area contributed by atoms with Crippen molar-refractivity contribution in [3.63, 3.8) is 0 Å². The van der Waals surface area contributed by atoms with Gasteiger partial charge in [-0.25, -0.2) is 4.98 Å². The molecule has 0 radical (unpaired) electrons. The second kappa shape index (κ2) is 6.46. The second-order valence-electron chi connectivity index (χ2n) is 6.32. The van der Waals surface area contributed by atoms with E-state index in [4.69, 9.17) is 4.74 Å². The minimum absolute atomic E-state index is 0.123. The first-order chi connectivity index (χ1) is 12.5. The zero-order valence-electron chi connectivity index (χ0n) is 14.9. The Morgan fingerprint density at radius 3 is 2.73 bits per heavy atom. The fourth-order valence-electron chi connectivity index (χ4n) is 2.95. The van der Waals surface area contributed by atoms with Crippen LogP contribution in [0.4, 0.5) is 0 Å². The molecule has 1 aromatic carbocycles. The monoisotopic (exact) mass is 365 g/mol. The number of rotatable bonds is 4. The third-order valence-electron chi connectivity index (χ3n) is 4.45. The maximum Gasteiger partial charge on any atom is 0.258 e. The molecule has 0 bridgehead atoms. The average Bonchev–Trinajstić information content (AvgIpc) is 3.16. The number of nitrogens with zero attached hydrogens (tertiary/aromatic N) is 3. The SMILES string of the molecule is Cc1cc(COc2ccn(-c3ccc4nc(C)n(C)c4c3)c(=O)c2)cs1. The van der Waals surface area contributed by atoms with Crippen molar-refractivity contribution in [2.75, 3.05) is 0 Å². The molecule has 5 nitrogen and oxygen atoms in total. The smallest absolute Gasteiger partial charge is 0.258 e. The van der Waals surface area contributed by atoms with Crippen LogP contribution in [0, 0.1) is 13.8 Å². The van der Waals surface area contributed by atoms with Gasteiger partial charge in [-0.2, -0.15) is 0 Å². The second-order valence-corrected chi connectivity index (χ2v) is 7.43. The summed E-state index contributed by atoms with van der Waals surface area (Å²) in [6.07, 6.45) is 1.75. The van der Waals surface area contributed by atoms with E-state index >= 15 is 0 Å². The van der Waals surface area contributed by atoms with Gasteiger partial charge in [0.05, 0.1) is 16.7 Å². The van der Waals surface area contributed by atoms with E-state index in [0.29, 0.717) is 12.4 Å². The zero-order valence-corrected chi connectivity index (χ0v) is 15.7. The summed E-state index contributed by atoms with van der Waals surface area (Å²) in [5.41, 5.74) is 3.73. The van der Waals surface area contributed by atoms with Gasteiger partial charge in [0.15, 0.2) is 0 Å². The number of thiophene rings is 1. The van der Waals surface area contributed by atoms with Crippen molar-refractivity contribution in [1.29, 1.82) is 0 Å². The van der Waals surface area contributed by atoms with Crippen LogP contribution < -0.4 is 10.3 Å². The van der Waals surface area contributed by atoms with Crippen LogP contribution in [0.15, 0.2) is 52.8 Å². The summed E-state index contributed by atoms with van der Waals surface area (Å²) in [5, 5.41) is 2.07. The van der Waals surface area contributed by atoms with E-state index in [1.165, 1.54) is 10.9 Å². The fraction of sp³-hybridized carbons (Fsp3) is 0.200. The average molecular weight is 365 g/mol. The molecule has 0 spiro atoms. The van der Waals surface area contributed by atoms with Gasteiger partial charge in [-0.1, -0.05) is 0 Å². The molecular weight excluding hydrogens is 346 g/mol. The van der Waals surface area contributed by atoms with Crippen molar-refractivity contribution in [3.8, 4) is 11.4 Å². The Morgan fingerprint density at radius 1 is 1.15 bits per heavy atom. The minimum Gasteiger partial charge on any atom is -0.489 e. The van der Waals surface area contributed by atoms with Crippen LogP contribution in [0.1, 0.15) is 16.3 Å². The lowest BCUT2D eigenvalue weighted by molar-refractivity contribution is 0.305. The Hall–Kier alpha value is -2.86. The summed E-state index contributed by atoms with van der Waals surface area (Å²) >= 11 is 1.69. The molecule has 0 aliphatic rings. The highest BCUT2D eigenvalue weighted by Crippen LogP contribution is 2.20. The fourth-order valence-corrected chi connectivity index (χ4v) is 3.65. The first kappa shape index (κ1) is 16.6. The number of imidazole rings is 1. The highest BCUT2D eigenvalue weighted by atomic mass is 32.1. The molecule has 0 N–H and O–H groups in total. The highest BCUT2D eigenvalue weighted by Gasteiger charge is 2.08. The van der Waals surface area contributed by atoms with E-state index in [1.54, 1.807) is 22.1 Å². The Morgan fingerprint density at radius 2 is 2.00 bits per heavy atom. The lowest BCUT2D eigenvalue weighted by atomic mass is 10.2. The first-order valence-electron chi connectivity index (χ1n) is 8.34. The predicted octanol–water partition coefficient (Wildman–Crippen LogP) is 3.98. The van der Waals surface area contributed by atoms with Crippen molar-refractivity contribution >= 4 is 22.4 Å². The molecule has 0 unspecified atom stereocenters. The molecule has 6 heteroatoms. The molecular formula is C20H19N3O2S. The van der Waals surface area contributed by atoms with Crippen LogP contribution in [0.25, 0.3) is 16.7 Å². The van der Waals surface area contributed by atoms with Crippen molar-refractivity contribution in [2.24, 2.45) is 7.05 Å². The molecule has 0 saturated carbocycles. The zero-order chi connectivity index (χ0) is 18.3. The Kier molecular flexibility index (Phi) is 4.12. The van der Waals surface area contributed by atoms with Crippen molar-refractivity contribution in [2.45, 2.75) is 20.5 Å². The third kappa shape index (κ3) is 3.04. The largest absolute Gasteiger partial charge is 0.489 e. The topological polar surface area (TPSA) is 49.0 Å². The summed E-state index contributed by atoms with van der Waals surface area (Å²) in [6, 6.07) is 11.3. The van der Waals surface area contributed by atoms with Crippen LogP contribution in [0.2, 0.25) is 0 Å². The molecule has 0 aliphatic carbocycles.